The summed E-state index contributed by atoms with van der Waals surface area (Å²) in [5, 5.41) is 0.483. The monoisotopic (exact) mass is 260 g/mol. The zero-order valence-electron chi connectivity index (χ0n) is 8.64. The van der Waals surface area contributed by atoms with Crippen molar-refractivity contribution in [1.82, 2.24) is 4.47 Å². The molecule has 7 heteroatoms. The first-order chi connectivity index (χ1) is 7.46. The minimum Gasteiger partial charge on any atom is -0.261 e. The second-order valence-corrected chi connectivity index (χ2v) is 5.41. The van der Waals surface area contributed by atoms with Crippen molar-refractivity contribution in [3.63, 3.8) is 0 Å². The van der Waals surface area contributed by atoms with Gasteiger partial charge < -0.3 is 0 Å². The average Bonchev–Trinajstić information content (AvgIpc) is 2.21. The summed E-state index contributed by atoms with van der Waals surface area (Å²) in [7, 11) is -2.41. The van der Waals surface area contributed by atoms with Gasteiger partial charge >= 0.3 is 0 Å². The highest BCUT2D eigenvalue weighted by molar-refractivity contribution is 7.89. The maximum absolute atomic E-state index is 12.0. The lowest BCUT2D eigenvalue weighted by Gasteiger charge is -2.21. The van der Waals surface area contributed by atoms with Crippen LogP contribution >= 0.6 is 11.6 Å². The molecule has 0 aliphatic carbocycles. The Morgan fingerprint density at radius 1 is 1.44 bits per heavy atom. The summed E-state index contributed by atoms with van der Waals surface area (Å²) in [4.78, 5) is 8.75. The first kappa shape index (κ1) is 11.4. The fraction of sp³-hybridized carbons (Fsp3) is 0.222. The van der Waals surface area contributed by atoms with E-state index in [2.05, 4.69) is 4.99 Å². The van der Waals surface area contributed by atoms with Crippen LogP contribution in [0.5, 0.6) is 0 Å². The molecule has 16 heavy (non-hydrogen) atoms. The van der Waals surface area contributed by atoms with Crippen LogP contribution in [0.1, 0.15) is 5.56 Å². The average molecular weight is 261 g/mol. The number of aryl methyl sites for hydroxylation is 1. The van der Waals surface area contributed by atoms with Crippen LogP contribution in [0.2, 0.25) is 5.02 Å². The van der Waals surface area contributed by atoms with Gasteiger partial charge in [0.25, 0.3) is 10.0 Å². The highest BCUT2D eigenvalue weighted by Gasteiger charge is 2.29. The van der Waals surface area contributed by atoms with Crippen molar-refractivity contribution >= 4 is 33.7 Å². The van der Waals surface area contributed by atoms with Crippen LogP contribution in [0.4, 0.5) is 5.69 Å². The molecular weight excluding hydrogens is 252 g/mol. The van der Waals surface area contributed by atoms with Gasteiger partial charge in [0.05, 0.1) is 12.8 Å². The topological polar surface area (TPSA) is 59.0 Å². The van der Waals surface area contributed by atoms with Crippen LogP contribution in [0, 0.1) is 6.92 Å². The number of nitrogens with zero attached hydrogens (tertiary/aromatic N) is 2. The number of halogens is 1. The van der Waals surface area contributed by atoms with Crippen molar-refractivity contribution in [3.05, 3.63) is 22.7 Å². The van der Waals surface area contributed by atoms with Gasteiger partial charge in [0.2, 0.25) is 0 Å². The predicted octanol–water partition coefficient (Wildman–Crippen LogP) is 1.87. The second kappa shape index (κ2) is 3.73. The third-order valence-corrected chi connectivity index (χ3v) is 4.23. The highest BCUT2D eigenvalue weighted by atomic mass is 35.5. The lowest BCUT2D eigenvalue weighted by Crippen LogP contribution is -2.31. The Morgan fingerprint density at radius 3 is 2.75 bits per heavy atom. The molecule has 0 bridgehead atoms. The molecule has 2 rings (SSSR count). The normalized spacial score (nSPS) is 17.3. The van der Waals surface area contributed by atoms with E-state index in [1.54, 1.807) is 6.92 Å². The molecule has 0 atom stereocenters. The molecule has 1 heterocycles. The minimum absolute atomic E-state index is 0.0961. The summed E-state index contributed by atoms with van der Waals surface area (Å²) in [6.07, 6.45) is 1.10. The van der Waals surface area contributed by atoms with Gasteiger partial charge in [-0.05, 0) is 24.6 Å². The van der Waals surface area contributed by atoms with E-state index in [0.29, 0.717) is 20.7 Å². The predicted molar refractivity (Wildman–Crippen MR) is 60.4 cm³/mol. The van der Waals surface area contributed by atoms with Crippen molar-refractivity contribution < 1.29 is 13.3 Å². The first-order valence-corrected chi connectivity index (χ1v) is 6.21. The van der Waals surface area contributed by atoms with E-state index in [9.17, 15) is 8.42 Å². The van der Waals surface area contributed by atoms with E-state index in [0.717, 1.165) is 6.34 Å². The molecule has 1 aromatic rings. The van der Waals surface area contributed by atoms with E-state index >= 15 is 0 Å². The van der Waals surface area contributed by atoms with Crippen LogP contribution < -0.4 is 0 Å². The zero-order valence-corrected chi connectivity index (χ0v) is 10.2. The van der Waals surface area contributed by atoms with E-state index < -0.39 is 10.0 Å². The van der Waals surface area contributed by atoms with Crippen LogP contribution in [-0.4, -0.2) is 26.3 Å². The number of benzene rings is 1. The Kier molecular flexibility index (Phi) is 2.65. The minimum atomic E-state index is -3.67. The summed E-state index contributed by atoms with van der Waals surface area (Å²) in [6.45, 7) is 1.73. The SMILES string of the molecule is CON1C=Nc2cc(Cl)c(C)cc2S1(=O)=O. The Balaban J connectivity index is 2.71. The van der Waals surface area contributed by atoms with Crippen molar-refractivity contribution in [2.45, 2.75) is 11.8 Å². The molecule has 0 saturated heterocycles. The van der Waals surface area contributed by atoms with Gasteiger partial charge in [0, 0.05) is 5.02 Å². The standard InChI is InChI=1S/C9H9ClN2O3S/c1-6-3-9-8(4-7(6)10)11-5-12(15-2)16(9,13)14/h3-5H,1-2H3. The summed E-state index contributed by atoms with van der Waals surface area (Å²) in [6, 6.07) is 3.00. The highest BCUT2D eigenvalue weighted by Crippen LogP contribution is 2.34. The number of aliphatic imine (C=N–C) groups is 1. The fourth-order valence-electron chi connectivity index (χ4n) is 1.37. The van der Waals surface area contributed by atoms with Gasteiger partial charge in [0.15, 0.2) is 0 Å². The molecule has 0 N–H and O–H groups in total. The molecule has 0 amide bonds. The number of fused-ring (bicyclic) bond motifs is 1. The molecular formula is C9H9ClN2O3S. The van der Waals surface area contributed by atoms with Crippen molar-refractivity contribution in [2.75, 3.05) is 7.11 Å². The van der Waals surface area contributed by atoms with Gasteiger partial charge in [-0.3, -0.25) is 4.84 Å². The zero-order chi connectivity index (χ0) is 11.9. The van der Waals surface area contributed by atoms with Gasteiger partial charge in [0.1, 0.15) is 11.2 Å². The smallest absolute Gasteiger partial charge is 0.261 e. The summed E-state index contributed by atoms with van der Waals surface area (Å²) in [5.41, 5.74) is 1.00. The number of hydrogen-bond acceptors (Lipinski definition) is 4. The molecule has 0 fully saturated rings. The maximum Gasteiger partial charge on any atom is 0.289 e. The molecule has 0 spiro atoms. The second-order valence-electron chi connectivity index (χ2n) is 3.26. The van der Waals surface area contributed by atoms with E-state index in [-0.39, 0.29) is 4.90 Å². The Labute approximate surface area is 98.3 Å². The molecule has 1 aromatic carbocycles. The van der Waals surface area contributed by atoms with E-state index in [4.69, 9.17) is 16.4 Å². The molecule has 0 aromatic heterocycles. The Hall–Kier alpha value is -1.11. The molecule has 5 nitrogen and oxygen atoms in total. The van der Waals surface area contributed by atoms with Crippen molar-refractivity contribution in [3.8, 4) is 0 Å². The number of hydrogen-bond donors (Lipinski definition) is 0. The third-order valence-electron chi connectivity index (χ3n) is 2.23. The molecule has 1 aliphatic heterocycles. The summed E-state index contributed by atoms with van der Waals surface area (Å²) >= 11 is 5.90. The number of sulfonamides is 1. The van der Waals surface area contributed by atoms with Gasteiger partial charge in [-0.1, -0.05) is 11.6 Å². The lowest BCUT2D eigenvalue weighted by molar-refractivity contribution is 0.0195. The van der Waals surface area contributed by atoms with Gasteiger partial charge in [-0.2, -0.15) is 8.42 Å². The van der Waals surface area contributed by atoms with Crippen LogP contribution in [-0.2, 0) is 14.9 Å². The Bertz CT molecular complexity index is 568. The number of rotatable bonds is 1. The van der Waals surface area contributed by atoms with Gasteiger partial charge in [-0.25, -0.2) is 4.99 Å². The van der Waals surface area contributed by atoms with E-state index in [1.807, 2.05) is 0 Å². The summed E-state index contributed by atoms with van der Waals surface area (Å²) < 4.78 is 24.6. The quantitative estimate of drug-likeness (QED) is 0.775. The van der Waals surface area contributed by atoms with Crippen molar-refractivity contribution in [1.29, 1.82) is 0 Å². The molecule has 86 valence electrons. The lowest BCUT2D eigenvalue weighted by atomic mass is 10.2. The fourth-order valence-corrected chi connectivity index (χ4v) is 2.79. The summed E-state index contributed by atoms with van der Waals surface area (Å²) in [5.74, 6) is 0. The molecule has 1 aliphatic rings. The van der Waals surface area contributed by atoms with Crippen molar-refractivity contribution in [2.24, 2.45) is 4.99 Å². The van der Waals surface area contributed by atoms with E-state index in [1.165, 1.54) is 19.2 Å². The van der Waals surface area contributed by atoms with Crippen LogP contribution in [0.3, 0.4) is 0 Å². The van der Waals surface area contributed by atoms with Crippen LogP contribution in [0.15, 0.2) is 22.0 Å². The van der Waals surface area contributed by atoms with Gasteiger partial charge in [-0.15, -0.1) is 4.47 Å². The molecule has 0 unspecified atom stereocenters. The Morgan fingerprint density at radius 2 is 2.12 bits per heavy atom. The molecule has 0 radical (unpaired) electrons. The van der Waals surface area contributed by atoms with Crippen LogP contribution in [0.25, 0.3) is 0 Å². The number of hydroxylamine groups is 1. The third kappa shape index (κ3) is 1.59. The molecule has 0 saturated carbocycles. The largest absolute Gasteiger partial charge is 0.289 e. The first-order valence-electron chi connectivity index (χ1n) is 4.39. The maximum atomic E-state index is 12.0.